The number of amides is 1. The molecular weight excluding hydrogens is 281 g/mol. The molecule has 0 unspecified atom stereocenters. The van der Waals surface area contributed by atoms with Crippen LogP contribution < -0.4 is 11.1 Å². The molecule has 3 nitrogen and oxygen atoms in total. The molecule has 0 aliphatic heterocycles. The highest BCUT2D eigenvalue weighted by Crippen LogP contribution is 2.38. The SMILES string of the molecule is CC1(C(=O)Nc2ccc(N)c(C(F)(F)F)c2)CCCCC1. The highest BCUT2D eigenvalue weighted by atomic mass is 19.4. The largest absolute Gasteiger partial charge is 0.418 e. The lowest BCUT2D eigenvalue weighted by Gasteiger charge is -2.32. The van der Waals surface area contributed by atoms with Crippen molar-refractivity contribution in [1.29, 1.82) is 0 Å². The van der Waals surface area contributed by atoms with Gasteiger partial charge in [-0.1, -0.05) is 26.2 Å². The first kappa shape index (κ1) is 15.7. The normalized spacial score (nSPS) is 18.3. The molecule has 0 saturated heterocycles. The molecule has 0 spiro atoms. The van der Waals surface area contributed by atoms with Gasteiger partial charge in [0.25, 0.3) is 0 Å². The fourth-order valence-corrected chi connectivity index (χ4v) is 2.72. The predicted octanol–water partition coefficient (Wildman–Crippen LogP) is 4.20. The number of rotatable bonds is 2. The number of benzene rings is 1. The molecule has 1 aliphatic rings. The Morgan fingerprint density at radius 2 is 1.86 bits per heavy atom. The van der Waals surface area contributed by atoms with Gasteiger partial charge in [-0.15, -0.1) is 0 Å². The maximum absolute atomic E-state index is 12.8. The Kier molecular flexibility index (Phi) is 4.16. The fraction of sp³-hybridized carbons (Fsp3) is 0.533. The van der Waals surface area contributed by atoms with E-state index in [4.69, 9.17) is 5.73 Å². The molecule has 0 heterocycles. The van der Waals surface area contributed by atoms with Crippen molar-refractivity contribution >= 4 is 17.3 Å². The van der Waals surface area contributed by atoms with E-state index >= 15 is 0 Å². The average Bonchev–Trinajstić information content (AvgIpc) is 2.40. The number of nitrogens with one attached hydrogen (secondary N) is 1. The second-order valence-corrected chi connectivity index (χ2v) is 5.88. The Morgan fingerprint density at radius 1 is 1.24 bits per heavy atom. The summed E-state index contributed by atoms with van der Waals surface area (Å²) < 4.78 is 38.4. The molecule has 116 valence electrons. The van der Waals surface area contributed by atoms with Crippen LogP contribution in [-0.2, 0) is 11.0 Å². The van der Waals surface area contributed by atoms with Crippen molar-refractivity contribution in [2.75, 3.05) is 11.1 Å². The number of nitrogen functional groups attached to an aromatic ring is 1. The first-order valence-electron chi connectivity index (χ1n) is 7.00. The summed E-state index contributed by atoms with van der Waals surface area (Å²) >= 11 is 0. The molecule has 6 heteroatoms. The average molecular weight is 300 g/mol. The van der Waals surface area contributed by atoms with Crippen LogP contribution >= 0.6 is 0 Å². The number of carbonyl (C=O) groups is 1. The van der Waals surface area contributed by atoms with Crippen molar-refractivity contribution in [2.24, 2.45) is 5.41 Å². The Balaban J connectivity index is 2.18. The highest BCUT2D eigenvalue weighted by molar-refractivity contribution is 5.95. The first-order chi connectivity index (χ1) is 9.72. The molecule has 21 heavy (non-hydrogen) atoms. The Morgan fingerprint density at radius 3 is 2.43 bits per heavy atom. The van der Waals surface area contributed by atoms with Crippen molar-refractivity contribution < 1.29 is 18.0 Å². The van der Waals surface area contributed by atoms with Crippen molar-refractivity contribution in [2.45, 2.75) is 45.2 Å². The third-order valence-corrected chi connectivity index (χ3v) is 4.12. The molecule has 0 atom stereocenters. The van der Waals surface area contributed by atoms with Gasteiger partial charge in [-0.25, -0.2) is 0 Å². The van der Waals surface area contributed by atoms with Crippen molar-refractivity contribution in [3.8, 4) is 0 Å². The summed E-state index contributed by atoms with van der Waals surface area (Å²) in [7, 11) is 0. The van der Waals surface area contributed by atoms with Crippen LogP contribution in [0, 0.1) is 5.41 Å². The number of hydrogen-bond donors (Lipinski definition) is 2. The minimum absolute atomic E-state index is 0.133. The quantitative estimate of drug-likeness (QED) is 0.804. The zero-order valence-corrected chi connectivity index (χ0v) is 11.9. The van der Waals surface area contributed by atoms with Crippen molar-refractivity contribution in [3.63, 3.8) is 0 Å². The van der Waals surface area contributed by atoms with E-state index in [0.29, 0.717) is 0 Å². The molecule has 0 bridgehead atoms. The van der Waals surface area contributed by atoms with Gasteiger partial charge in [-0.05, 0) is 31.0 Å². The van der Waals surface area contributed by atoms with E-state index in [2.05, 4.69) is 5.32 Å². The van der Waals surface area contributed by atoms with Crippen molar-refractivity contribution in [1.82, 2.24) is 0 Å². The number of hydrogen-bond acceptors (Lipinski definition) is 2. The van der Waals surface area contributed by atoms with E-state index in [-0.39, 0.29) is 17.3 Å². The summed E-state index contributed by atoms with van der Waals surface area (Å²) in [4.78, 5) is 12.3. The van der Waals surface area contributed by atoms with Gasteiger partial charge in [0.1, 0.15) is 0 Å². The second kappa shape index (κ2) is 5.58. The van der Waals surface area contributed by atoms with E-state index in [0.717, 1.165) is 38.2 Å². The lowest BCUT2D eigenvalue weighted by Crippen LogP contribution is -2.35. The second-order valence-electron chi connectivity index (χ2n) is 5.88. The van der Waals surface area contributed by atoms with Crippen LogP contribution in [0.1, 0.15) is 44.6 Å². The maximum Gasteiger partial charge on any atom is 0.418 e. The van der Waals surface area contributed by atoms with Crippen LogP contribution in [0.5, 0.6) is 0 Å². The van der Waals surface area contributed by atoms with Gasteiger partial charge in [0.2, 0.25) is 5.91 Å². The number of halogens is 3. The van der Waals surface area contributed by atoms with E-state index in [1.54, 1.807) is 0 Å². The van der Waals surface area contributed by atoms with Crippen LogP contribution in [0.4, 0.5) is 24.5 Å². The molecule has 1 aromatic rings. The minimum Gasteiger partial charge on any atom is -0.398 e. The third kappa shape index (κ3) is 3.49. The maximum atomic E-state index is 12.8. The standard InChI is InChI=1S/C15H19F3N2O/c1-14(7-3-2-4-8-14)13(21)20-10-5-6-12(19)11(9-10)15(16,17)18/h5-6,9H,2-4,7-8,19H2,1H3,(H,20,21). The molecule has 1 saturated carbocycles. The molecule has 0 radical (unpaired) electrons. The fourth-order valence-electron chi connectivity index (χ4n) is 2.72. The van der Waals surface area contributed by atoms with E-state index in [1.165, 1.54) is 12.1 Å². The zero-order chi connectivity index (χ0) is 15.7. The summed E-state index contributed by atoms with van der Waals surface area (Å²) in [6.45, 7) is 1.86. The van der Waals surface area contributed by atoms with E-state index < -0.39 is 17.2 Å². The van der Waals surface area contributed by atoms with Gasteiger partial charge in [-0.3, -0.25) is 4.79 Å². The molecule has 0 aromatic heterocycles. The Bertz CT molecular complexity index is 534. The smallest absolute Gasteiger partial charge is 0.398 e. The molecule has 1 fully saturated rings. The molecule has 1 amide bonds. The van der Waals surface area contributed by atoms with Gasteiger partial charge >= 0.3 is 6.18 Å². The number of carbonyl (C=O) groups excluding carboxylic acids is 1. The van der Waals surface area contributed by atoms with Gasteiger partial charge in [0.05, 0.1) is 5.56 Å². The summed E-state index contributed by atoms with van der Waals surface area (Å²) in [5.74, 6) is -0.222. The lowest BCUT2D eigenvalue weighted by atomic mass is 9.75. The number of alkyl halides is 3. The molecule has 2 rings (SSSR count). The topological polar surface area (TPSA) is 55.1 Å². The number of nitrogens with two attached hydrogens (primary N) is 1. The molecule has 1 aliphatic carbocycles. The number of anilines is 2. The highest BCUT2D eigenvalue weighted by Gasteiger charge is 2.36. The molecule has 1 aromatic carbocycles. The van der Waals surface area contributed by atoms with Gasteiger partial charge < -0.3 is 11.1 Å². The predicted molar refractivity (Wildman–Crippen MR) is 75.7 cm³/mol. The molecule has 3 N–H and O–H groups in total. The van der Waals surface area contributed by atoms with Crippen LogP contribution in [-0.4, -0.2) is 5.91 Å². The van der Waals surface area contributed by atoms with Crippen molar-refractivity contribution in [3.05, 3.63) is 23.8 Å². The van der Waals surface area contributed by atoms with E-state index in [1.807, 2.05) is 6.92 Å². The molecular formula is C15H19F3N2O. The lowest BCUT2D eigenvalue weighted by molar-refractivity contribution is -0.137. The van der Waals surface area contributed by atoms with Gasteiger partial charge in [0, 0.05) is 16.8 Å². The van der Waals surface area contributed by atoms with Gasteiger partial charge in [-0.2, -0.15) is 13.2 Å². The first-order valence-corrected chi connectivity index (χ1v) is 7.00. The summed E-state index contributed by atoms with van der Waals surface area (Å²) in [5, 5.41) is 2.60. The Labute approximate surface area is 121 Å². The summed E-state index contributed by atoms with van der Waals surface area (Å²) in [5.41, 5.74) is 3.71. The van der Waals surface area contributed by atoms with E-state index in [9.17, 15) is 18.0 Å². The summed E-state index contributed by atoms with van der Waals surface area (Å²) in [6.07, 6.45) is 0.0430. The van der Waals surface area contributed by atoms with Crippen LogP contribution in [0.2, 0.25) is 0 Å². The minimum atomic E-state index is -4.53. The van der Waals surface area contributed by atoms with Crippen LogP contribution in [0.15, 0.2) is 18.2 Å². The van der Waals surface area contributed by atoms with Gasteiger partial charge in [0.15, 0.2) is 0 Å². The third-order valence-electron chi connectivity index (χ3n) is 4.12. The Hall–Kier alpha value is -1.72. The van der Waals surface area contributed by atoms with Crippen LogP contribution in [0.25, 0.3) is 0 Å². The summed E-state index contributed by atoms with van der Waals surface area (Å²) in [6, 6.07) is 3.45. The monoisotopic (exact) mass is 300 g/mol. The zero-order valence-electron chi connectivity index (χ0n) is 11.9. The van der Waals surface area contributed by atoms with Crippen LogP contribution in [0.3, 0.4) is 0 Å².